The van der Waals surface area contributed by atoms with Gasteiger partial charge in [-0.3, -0.25) is 5.10 Å². The molecule has 3 atom stereocenters. The van der Waals surface area contributed by atoms with Gasteiger partial charge in [-0.15, -0.1) is 0 Å². The summed E-state index contributed by atoms with van der Waals surface area (Å²) in [6.45, 7) is 2.05. The molecule has 2 fully saturated rings. The molecular weight excluding hydrogens is 234 g/mol. The van der Waals surface area contributed by atoms with E-state index in [2.05, 4.69) is 10.2 Å². The van der Waals surface area contributed by atoms with E-state index in [1.165, 1.54) is 0 Å². The molecule has 4 N–H and O–H groups in total. The molecule has 0 amide bonds. The Balaban J connectivity index is 1.74. The van der Waals surface area contributed by atoms with Crippen LogP contribution in [0.25, 0.3) is 0 Å². The number of nitrogens with zero attached hydrogens (tertiary/aromatic N) is 1. The number of hydrogen-bond acceptors (Lipinski definition) is 5. The lowest BCUT2D eigenvalue weighted by Gasteiger charge is -2.38. The van der Waals surface area contributed by atoms with Gasteiger partial charge in [0.15, 0.2) is 0 Å². The molecule has 18 heavy (non-hydrogen) atoms. The molecule has 3 heterocycles. The molecule has 2 aliphatic rings. The first kappa shape index (κ1) is 12.0. The summed E-state index contributed by atoms with van der Waals surface area (Å²) in [6, 6.07) is 0. The van der Waals surface area contributed by atoms with Crippen molar-refractivity contribution < 1.29 is 14.6 Å². The van der Waals surface area contributed by atoms with E-state index in [1.54, 1.807) is 6.20 Å². The smallest absolute Gasteiger partial charge is 0.124 e. The average Bonchev–Trinajstić information content (AvgIpc) is 2.98. The van der Waals surface area contributed by atoms with E-state index >= 15 is 0 Å². The van der Waals surface area contributed by atoms with E-state index < -0.39 is 6.10 Å². The Hall–Kier alpha value is -1.11. The van der Waals surface area contributed by atoms with Crippen LogP contribution in [-0.4, -0.2) is 40.7 Å². The summed E-state index contributed by atoms with van der Waals surface area (Å²) in [7, 11) is 0. The number of ether oxygens (including phenoxy) is 2. The molecule has 0 aliphatic carbocycles. The van der Waals surface area contributed by atoms with Crippen LogP contribution in [-0.2, 0) is 9.47 Å². The quantitative estimate of drug-likeness (QED) is 0.718. The Morgan fingerprint density at radius 3 is 3.11 bits per heavy atom. The van der Waals surface area contributed by atoms with Gasteiger partial charge in [0.25, 0.3) is 0 Å². The second-order valence-electron chi connectivity index (χ2n) is 5.27. The standard InChI is InChI=1S/C12H19N3O3/c13-11-9(6-14-15-11)10(16)8-1-3-18-12(5-8)2-4-17-7-12/h6,8,10,16H,1-5,7H2,(H3,13,14,15). The number of nitrogen functional groups attached to an aromatic ring is 1. The second kappa shape index (κ2) is 4.53. The third-order valence-corrected chi connectivity index (χ3v) is 4.06. The molecule has 1 aromatic rings. The van der Waals surface area contributed by atoms with Gasteiger partial charge in [0.05, 0.1) is 24.5 Å². The van der Waals surface area contributed by atoms with Crippen molar-refractivity contribution in [2.24, 2.45) is 5.92 Å². The van der Waals surface area contributed by atoms with Crippen molar-refractivity contribution in [3.8, 4) is 0 Å². The van der Waals surface area contributed by atoms with Gasteiger partial charge in [-0.1, -0.05) is 0 Å². The molecule has 3 rings (SSSR count). The monoisotopic (exact) mass is 253 g/mol. The first-order chi connectivity index (χ1) is 8.70. The highest BCUT2D eigenvalue weighted by atomic mass is 16.6. The van der Waals surface area contributed by atoms with E-state index in [9.17, 15) is 5.11 Å². The van der Waals surface area contributed by atoms with Crippen LogP contribution >= 0.6 is 0 Å². The van der Waals surface area contributed by atoms with Gasteiger partial charge < -0.3 is 20.3 Å². The summed E-state index contributed by atoms with van der Waals surface area (Å²) in [4.78, 5) is 0. The van der Waals surface area contributed by atoms with Gasteiger partial charge in [0, 0.05) is 25.2 Å². The molecule has 6 heteroatoms. The van der Waals surface area contributed by atoms with Crippen LogP contribution < -0.4 is 5.73 Å². The minimum Gasteiger partial charge on any atom is -0.388 e. The van der Waals surface area contributed by atoms with E-state index in [-0.39, 0.29) is 11.5 Å². The number of aromatic amines is 1. The number of H-pyrrole nitrogens is 1. The van der Waals surface area contributed by atoms with Gasteiger partial charge in [0.2, 0.25) is 0 Å². The third-order valence-electron chi connectivity index (χ3n) is 4.06. The molecule has 0 bridgehead atoms. The summed E-state index contributed by atoms with van der Waals surface area (Å²) in [5.74, 6) is 0.603. The Morgan fingerprint density at radius 2 is 2.44 bits per heavy atom. The SMILES string of the molecule is Nc1[nH]ncc1C(O)C1CCOC2(CCOC2)C1. The number of nitrogens with two attached hydrogens (primary N) is 1. The fourth-order valence-electron chi connectivity index (χ4n) is 2.99. The highest BCUT2D eigenvalue weighted by Crippen LogP contribution is 2.41. The third kappa shape index (κ3) is 2.00. The zero-order valence-corrected chi connectivity index (χ0v) is 10.3. The topological polar surface area (TPSA) is 93.4 Å². The Labute approximate surface area is 105 Å². The number of hydrogen-bond donors (Lipinski definition) is 3. The predicted molar refractivity (Wildman–Crippen MR) is 64.8 cm³/mol. The first-order valence-electron chi connectivity index (χ1n) is 6.39. The summed E-state index contributed by atoms with van der Waals surface area (Å²) in [5, 5.41) is 16.9. The summed E-state index contributed by atoms with van der Waals surface area (Å²) >= 11 is 0. The Morgan fingerprint density at radius 1 is 1.56 bits per heavy atom. The number of aromatic nitrogens is 2. The fourth-order valence-corrected chi connectivity index (χ4v) is 2.99. The molecule has 0 saturated carbocycles. The van der Waals surface area contributed by atoms with Crippen LogP contribution in [0.2, 0.25) is 0 Å². The zero-order chi connectivity index (χ0) is 12.6. The largest absolute Gasteiger partial charge is 0.388 e. The van der Waals surface area contributed by atoms with Gasteiger partial charge >= 0.3 is 0 Å². The van der Waals surface area contributed by atoms with Crippen LogP contribution in [0.1, 0.15) is 30.9 Å². The van der Waals surface area contributed by atoms with E-state index in [0.29, 0.717) is 24.6 Å². The second-order valence-corrected chi connectivity index (χ2v) is 5.27. The van der Waals surface area contributed by atoms with Crippen LogP contribution in [0.3, 0.4) is 0 Å². The lowest BCUT2D eigenvalue weighted by atomic mass is 9.80. The van der Waals surface area contributed by atoms with Crippen molar-refractivity contribution in [2.45, 2.75) is 31.0 Å². The molecule has 6 nitrogen and oxygen atoms in total. The Kier molecular flexibility index (Phi) is 3.01. The minimum atomic E-state index is -0.579. The molecular formula is C12H19N3O3. The molecule has 1 spiro atoms. The average molecular weight is 253 g/mol. The minimum absolute atomic E-state index is 0.153. The van der Waals surface area contributed by atoms with Gasteiger partial charge in [-0.2, -0.15) is 5.10 Å². The molecule has 2 saturated heterocycles. The van der Waals surface area contributed by atoms with Gasteiger partial charge in [-0.05, 0) is 18.8 Å². The number of aliphatic hydroxyl groups excluding tert-OH is 1. The highest BCUT2D eigenvalue weighted by Gasteiger charge is 2.43. The summed E-state index contributed by atoms with van der Waals surface area (Å²) in [6.07, 6.45) is 3.60. The summed E-state index contributed by atoms with van der Waals surface area (Å²) < 4.78 is 11.3. The number of anilines is 1. The lowest BCUT2D eigenvalue weighted by Crippen LogP contribution is -2.41. The van der Waals surface area contributed by atoms with E-state index in [4.69, 9.17) is 15.2 Å². The van der Waals surface area contributed by atoms with Crippen LogP contribution in [0, 0.1) is 5.92 Å². The Bertz CT molecular complexity index is 414. The van der Waals surface area contributed by atoms with Crippen LogP contribution in [0.4, 0.5) is 5.82 Å². The van der Waals surface area contributed by atoms with E-state index in [1.807, 2.05) is 0 Å². The van der Waals surface area contributed by atoms with Crippen molar-refractivity contribution in [1.82, 2.24) is 10.2 Å². The van der Waals surface area contributed by atoms with Crippen molar-refractivity contribution >= 4 is 5.82 Å². The highest BCUT2D eigenvalue weighted by molar-refractivity contribution is 5.38. The molecule has 0 radical (unpaired) electrons. The molecule has 0 aromatic carbocycles. The maximum absolute atomic E-state index is 10.4. The lowest BCUT2D eigenvalue weighted by molar-refractivity contribution is -0.117. The normalized spacial score (nSPS) is 33.9. The van der Waals surface area contributed by atoms with Gasteiger partial charge in [-0.25, -0.2) is 0 Å². The fraction of sp³-hybridized carbons (Fsp3) is 0.750. The van der Waals surface area contributed by atoms with Crippen LogP contribution in [0.15, 0.2) is 6.20 Å². The summed E-state index contributed by atoms with van der Waals surface area (Å²) in [5.41, 5.74) is 6.26. The zero-order valence-electron chi connectivity index (χ0n) is 10.3. The van der Waals surface area contributed by atoms with E-state index in [0.717, 1.165) is 25.9 Å². The molecule has 100 valence electrons. The molecule has 1 aromatic heterocycles. The first-order valence-corrected chi connectivity index (χ1v) is 6.39. The van der Waals surface area contributed by atoms with Crippen molar-refractivity contribution in [1.29, 1.82) is 0 Å². The number of aliphatic hydroxyl groups is 1. The van der Waals surface area contributed by atoms with Gasteiger partial charge in [0.1, 0.15) is 5.82 Å². The maximum Gasteiger partial charge on any atom is 0.124 e. The molecule has 2 aliphatic heterocycles. The number of rotatable bonds is 2. The predicted octanol–water partition coefficient (Wildman–Crippen LogP) is 0.611. The molecule has 3 unspecified atom stereocenters. The maximum atomic E-state index is 10.4. The van der Waals surface area contributed by atoms with Crippen molar-refractivity contribution in [3.63, 3.8) is 0 Å². The van der Waals surface area contributed by atoms with Crippen molar-refractivity contribution in [2.75, 3.05) is 25.6 Å². The number of nitrogens with one attached hydrogen (secondary N) is 1. The van der Waals surface area contributed by atoms with Crippen molar-refractivity contribution in [3.05, 3.63) is 11.8 Å². The van der Waals surface area contributed by atoms with Crippen LogP contribution in [0.5, 0.6) is 0 Å².